The van der Waals surface area contributed by atoms with Gasteiger partial charge in [0, 0.05) is 28.0 Å². The number of furan rings is 1. The molecule has 2 N–H and O–H groups in total. The first-order valence-corrected chi connectivity index (χ1v) is 10.9. The minimum Gasteiger partial charge on any atom is -0.478 e. The van der Waals surface area contributed by atoms with E-state index in [0.717, 1.165) is 5.56 Å². The molecule has 6 nitrogen and oxygen atoms in total. The van der Waals surface area contributed by atoms with Crippen LogP contribution in [0.3, 0.4) is 0 Å². The second-order valence-corrected chi connectivity index (χ2v) is 9.06. The lowest BCUT2D eigenvalue weighted by Gasteiger charge is -2.46. The fourth-order valence-electron chi connectivity index (χ4n) is 5.04. The Balaban J connectivity index is 2.39. The average molecular weight is 458 g/mol. The largest absolute Gasteiger partial charge is 0.478 e. The molecule has 2 aromatic rings. The fraction of sp³-hybridized carbons (Fsp3) is 0.360. The molecule has 3 rings (SSSR count). The smallest absolute Gasteiger partial charge is 0.334 e. The van der Waals surface area contributed by atoms with Crippen molar-refractivity contribution in [1.29, 1.82) is 0 Å². The average Bonchev–Trinajstić information content (AvgIpc) is 3.16. The Morgan fingerprint density at radius 2 is 1.41 bits per heavy atom. The molecule has 1 aliphatic heterocycles. The molecule has 0 saturated heterocycles. The summed E-state index contributed by atoms with van der Waals surface area (Å²) < 4.78 is 6.21. The molecule has 32 heavy (non-hydrogen) atoms. The van der Waals surface area contributed by atoms with Gasteiger partial charge in [-0.15, -0.1) is 0 Å². The molecule has 1 aliphatic rings. The highest BCUT2D eigenvalue weighted by Crippen LogP contribution is 2.53. The number of halogens is 1. The van der Waals surface area contributed by atoms with Crippen molar-refractivity contribution in [3.05, 3.63) is 69.7 Å². The van der Waals surface area contributed by atoms with E-state index in [-0.39, 0.29) is 22.9 Å². The highest BCUT2D eigenvalue weighted by atomic mass is 35.5. The maximum atomic E-state index is 12.7. The number of carbonyl (C=O) groups is 2. The van der Waals surface area contributed by atoms with Gasteiger partial charge in [0.05, 0.1) is 16.6 Å². The van der Waals surface area contributed by atoms with E-state index in [1.54, 1.807) is 55.1 Å². The van der Waals surface area contributed by atoms with Crippen LogP contribution < -0.4 is 0 Å². The summed E-state index contributed by atoms with van der Waals surface area (Å²) in [6.45, 7) is 10.9. The molecule has 1 aromatic heterocycles. The van der Waals surface area contributed by atoms with Crippen molar-refractivity contribution in [3.8, 4) is 11.3 Å². The predicted molar refractivity (Wildman–Crippen MR) is 123 cm³/mol. The quantitative estimate of drug-likeness (QED) is 0.558. The molecule has 170 valence electrons. The van der Waals surface area contributed by atoms with Gasteiger partial charge in [-0.1, -0.05) is 25.4 Å². The molecule has 0 atom stereocenters. The van der Waals surface area contributed by atoms with Crippen LogP contribution >= 0.6 is 11.6 Å². The third-order valence-corrected chi connectivity index (χ3v) is 6.42. The van der Waals surface area contributed by atoms with Gasteiger partial charge in [-0.3, -0.25) is 0 Å². The summed E-state index contributed by atoms with van der Waals surface area (Å²) in [5, 5.41) is 21.3. The first-order valence-electron chi connectivity index (χ1n) is 10.5. The van der Waals surface area contributed by atoms with Crippen LogP contribution in [0.25, 0.3) is 11.3 Å². The van der Waals surface area contributed by atoms with Crippen molar-refractivity contribution >= 4 is 23.5 Å². The highest BCUT2D eigenvalue weighted by molar-refractivity contribution is 6.30. The van der Waals surface area contributed by atoms with E-state index in [1.165, 1.54) is 0 Å². The summed E-state index contributed by atoms with van der Waals surface area (Å²) in [4.78, 5) is 27.1. The van der Waals surface area contributed by atoms with Gasteiger partial charge in [0.2, 0.25) is 0 Å². The molecule has 0 aliphatic carbocycles. The maximum Gasteiger partial charge on any atom is 0.334 e. The third kappa shape index (κ3) is 3.52. The zero-order valence-corrected chi connectivity index (χ0v) is 19.8. The first-order chi connectivity index (χ1) is 14.9. The van der Waals surface area contributed by atoms with Crippen molar-refractivity contribution in [3.63, 3.8) is 0 Å². The molecular formula is C25H28ClNO5. The van der Waals surface area contributed by atoms with Crippen LogP contribution in [0.4, 0.5) is 0 Å². The van der Waals surface area contributed by atoms with E-state index >= 15 is 0 Å². The van der Waals surface area contributed by atoms with E-state index in [0.29, 0.717) is 22.2 Å². The Kier molecular flexibility index (Phi) is 6.29. The Bertz CT molecular complexity index is 1080. The van der Waals surface area contributed by atoms with Crippen molar-refractivity contribution in [2.45, 2.75) is 53.0 Å². The molecule has 1 aromatic carbocycles. The van der Waals surface area contributed by atoms with Gasteiger partial charge >= 0.3 is 11.9 Å². The van der Waals surface area contributed by atoms with Crippen LogP contribution in [0.2, 0.25) is 5.02 Å². The van der Waals surface area contributed by atoms with Crippen molar-refractivity contribution < 1.29 is 24.2 Å². The zero-order chi connectivity index (χ0) is 24.0. The molecule has 7 heteroatoms. The SMILES string of the molecule is CC1=C(C(=O)O)C(c2ccc(-c3ccc(Cl)cc3)o2)(C(C)C)C(C(=O)O)=C(C)N1C(C)C. The number of aliphatic carboxylic acids is 2. The fourth-order valence-corrected chi connectivity index (χ4v) is 5.16. The second-order valence-electron chi connectivity index (χ2n) is 8.63. The van der Waals surface area contributed by atoms with Crippen LogP contribution in [-0.2, 0) is 15.0 Å². The summed E-state index contributed by atoms with van der Waals surface area (Å²) >= 11 is 5.99. The van der Waals surface area contributed by atoms with Gasteiger partial charge in [-0.2, -0.15) is 0 Å². The molecule has 0 spiro atoms. The molecule has 0 bridgehead atoms. The maximum absolute atomic E-state index is 12.7. The van der Waals surface area contributed by atoms with Gasteiger partial charge in [0.15, 0.2) is 0 Å². The van der Waals surface area contributed by atoms with Crippen molar-refractivity contribution in [2.75, 3.05) is 0 Å². The molecular weight excluding hydrogens is 430 g/mol. The summed E-state index contributed by atoms with van der Waals surface area (Å²) in [5.74, 6) is -1.96. The van der Waals surface area contributed by atoms with Crippen LogP contribution in [0.1, 0.15) is 47.3 Å². The van der Waals surface area contributed by atoms with Crippen LogP contribution in [-0.4, -0.2) is 33.1 Å². The van der Waals surface area contributed by atoms with Crippen molar-refractivity contribution in [2.24, 2.45) is 5.92 Å². The van der Waals surface area contributed by atoms with Crippen molar-refractivity contribution in [1.82, 2.24) is 4.90 Å². The summed E-state index contributed by atoms with van der Waals surface area (Å²) in [6, 6.07) is 10.4. The van der Waals surface area contributed by atoms with E-state index in [2.05, 4.69) is 0 Å². The Morgan fingerprint density at radius 1 is 0.906 bits per heavy atom. The lowest BCUT2D eigenvalue weighted by Crippen LogP contribution is -2.49. The van der Waals surface area contributed by atoms with E-state index in [1.807, 2.05) is 27.7 Å². The number of allylic oxidation sites excluding steroid dienone is 2. The van der Waals surface area contributed by atoms with Gasteiger partial charge in [0.25, 0.3) is 0 Å². The molecule has 0 fully saturated rings. The standard InChI is InChI=1S/C25H28ClNO5/c1-13(2)25(20-12-11-19(32-20)17-7-9-18(26)10-8-17)21(23(28)29)15(5)27(14(3)4)16(6)22(25)24(30)31/h7-14H,1-6H3,(H,28,29)(H,30,31). The number of benzene rings is 1. The normalized spacial score (nSPS) is 16.3. The van der Waals surface area contributed by atoms with E-state index in [4.69, 9.17) is 16.0 Å². The Hall–Kier alpha value is -2.99. The zero-order valence-electron chi connectivity index (χ0n) is 19.1. The molecule has 0 amide bonds. The first kappa shape index (κ1) is 23.7. The topological polar surface area (TPSA) is 91.0 Å². The lowest BCUT2D eigenvalue weighted by molar-refractivity contribution is -0.135. The minimum absolute atomic E-state index is 0.0150. The summed E-state index contributed by atoms with van der Waals surface area (Å²) in [7, 11) is 0. The molecule has 0 unspecified atom stereocenters. The van der Waals surface area contributed by atoms with E-state index in [9.17, 15) is 19.8 Å². The van der Waals surface area contributed by atoms with Crippen LogP contribution in [0.15, 0.2) is 63.4 Å². The number of carboxylic acids is 2. The molecule has 0 radical (unpaired) electrons. The monoisotopic (exact) mass is 457 g/mol. The van der Waals surface area contributed by atoms with Crippen LogP contribution in [0, 0.1) is 5.92 Å². The van der Waals surface area contributed by atoms with Gasteiger partial charge in [-0.25, -0.2) is 9.59 Å². The molecule has 2 heterocycles. The number of hydrogen-bond donors (Lipinski definition) is 2. The summed E-state index contributed by atoms with van der Waals surface area (Å²) in [6.07, 6.45) is 0. The summed E-state index contributed by atoms with van der Waals surface area (Å²) in [5.41, 5.74) is 0.333. The second kappa shape index (κ2) is 8.51. The van der Waals surface area contributed by atoms with Crippen LogP contribution in [0.5, 0.6) is 0 Å². The molecule has 0 saturated carbocycles. The number of nitrogens with zero attached hydrogens (tertiary/aromatic N) is 1. The third-order valence-electron chi connectivity index (χ3n) is 6.17. The van der Waals surface area contributed by atoms with E-state index < -0.39 is 23.3 Å². The highest BCUT2D eigenvalue weighted by Gasteiger charge is 2.56. The predicted octanol–water partition coefficient (Wildman–Crippen LogP) is 5.94. The Morgan fingerprint density at radius 3 is 1.81 bits per heavy atom. The van der Waals surface area contributed by atoms with Gasteiger partial charge in [-0.05, 0) is 70.0 Å². The minimum atomic E-state index is -1.47. The number of hydrogen-bond acceptors (Lipinski definition) is 4. The number of carboxylic acid groups (broad SMARTS) is 2. The Labute approximate surface area is 192 Å². The van der Waals surface area contributed by atoms with Gasteiger partial charge in [0.1, 0.15) is 11.5 Å². The number of rotatable bonds is 6. The van der Waals surface area contributed by atoms with Gasteiger partial charge < -0.3 is 19.5 Å². The lowest BCUT2D eigenvalue weighted by atomic mass is 9.61.